The average molecular weight is 290 g/mol. The second-order valence-electron chi connectivity index (χ2n) is 6.40. The zero-order valence-corrected chi connectivity index (χ0v) is 12.2. The summed E-state index contributed by atoms with van der Waals surface area (Å²) in [5, 5.41) is 3.20. The van der Waals surface area contributed by atoms with E-state index in [9.17, 15) is 9.18 Å². The van der Waals surface area contributed by atoms with Crippen molar-refractivity contribution in [3.8, 4) is 0 Å². The first kappa shape index (κ1) is 14.5. The van der Waals surface area contributed by atoms with E-state index >= 15 is 0 Å². The van der Waals surface area contributed by atoms with Crippen LogP contribution in [0.3, 0.4) is 0 Å². The third kappa shape index (κ3) is 3.26. The van der Waals surface area contributed by atoms with Gasteiger partial charge in [-0.1, -0.05) is 25.0 Å². The van der Waals surface area contributed by atoms with Crippen molar-refractivity contribution in [2.45, 2.75) is 44.1 Å². The Labute approximate surface area is 125 Å². The van der Waals surface area contributed by atoms with Gasteiger partial charge in [-0.25, -0.2) is 4.39 Å². The van der Waals surface area contributed by atoms with Gasteiger partial charge in [-0.2, -0.15) is 0 Å². The van der Waals surface area contributed by atoms with Crippen molar-refractivity contribution in [2.75, 3.05) is 6.54 Å². The van der Waals surface area contributed by atoms with Gasteiger partial charge in [0.15, 0.2) is 0 Å². The minimum atomic E-state index is -0.228. The van der Waals surface area contributed by atoms with E-state index in [-0.39, 0.29) is 29.6 Å². The Morgan fingerprint density at radius 3 is 2.67 bits per heavy atom. The molecule has 4 heteroatoms. The topological polar surface area (TPSA) is 55.1 Å². The van der Waals surface area contributed by atoms with Crippen LogP contribution in [0.1, 0.15) is 43.6 Å². The molecular weight excluding hydrogens is 267 g/mol. The lowest BCUT2D eigenvalue weighted by molar-refractivity contribution is -0.123. The van der Waals surface area contributed by atoms with Crippen LogP contribution in [-0.4, -0.2) is 18.5 Å². The van der Waals surface area contributed by atoms with Crippen LogP contribution in [0.5, 0.6) is 0 Å². The van der Waals surface area contributed by atoms with E-state index in [0.717, 1.165) is 24.8 Å². The van der Waals surface area contributed by atoms with Gasteiger partial charge in [0.25, 0.3) is 0 Å². The predicted molar refractivity (Wildman–Crippen MR) is 80.2 cm³/mol. The Balaban J connectivity index is 1.56. The largest absolute Gasteiger partial charge is 0.353 e. The maximum atomic E-state index is 12.9. The normalized spacial score (nSPS) is 31.7. The molecule has 0 saturated heterocycles. The van der Waals surface area contributed by atoms with Crippen LogP contribution in [0.25, 0.3) is 0 Å². The molecule has 1 amide bonds. The molecule has 4 unspecified atom stereocenters. The smallest absolute Gasteiger partial charge is 0.223 e. The fourth-order valence-corrected chi connectivity index (χ4v) is 3.53. The molecular formula is C17H23FN2O. The molecule has 2 fully saturated rings. The number of hydrogen-bond acceptors (Lipinski definition) is 2. The molecule has 21 heavy (non-hydrogen) atoms. The third-order valence-corrected chi connectivity index (χ3v) is 4.96. The Kier molecular flexibility index (Phi) is 4.24. The van der Waals surface area contributed by atoms with Crippen molar-refractivity contribution >= 4 is 5.91 Å². The SMILES string of the molecule is NCC1CCCCC1NC(=O)C1CC1c1ccc(F)cc1. The molecule has 0 aromatic heterocycles. The van der Waals surface area contributed by atoms with Crippen LogP contribution in [0.4, 0.5) is 4.39 Å². The summed E-state index contributed by atoms with van der Waals surface area (Å²) in [6, 6.07) is 6.75. The van der Waals surface area contributed by atoms with Crippen molar-refractivity contribution in [1.82, 2.24) is 5.32 Å². The summed E-state index contributed by atoms with van der Waals surface area (Å²) < 4.78 is 12.9. The molecule has 1 aromatic rings. The summed E-state index contributed by atoms with van der Waals surface area (Å²) in [6.07, 6.45) is 5.43. The monoisotopic (exact) mass is 290 g/mol. The van der Waals surface area contributed by atoms with Crippen LogP contribution in [0.2, 0.25) is 0 Å². The number of nitrogens with one attached hydrogen (secondary N) is 1. The first-order valence-electron chi connectivity index (χ1n) is 7.95. The van der Waals surface area contributed by atoms with Gasteiger partial charge in [-0.3, -0.25) is 4.79 Å². The van der Waals surface area contributed by atoms with Crippen LogP contribution in [0, 0.1) is 17.7 Å². The summed E-state index contributed by atoms with van der Waals surface area (Å²) in [6.45, 7) is 0.650. The maximum absolute atomic E-state index is 12.9. The molecule has 1 aromatic carbocycles. The minimum Gasteiger partial charge on any atom is -0.353 e. The summed E-state index contributed by atoms with van der Waals surface area (Å²) in [5.74, 6) is 0.648. The van der Waals surface area contributed by atoms with E-state index in [1.165, 1.54) is 25.0 Å². The standard InChI is InChI=1S/C17H23FN2O/c18-13-7-5-11(6-8-13)14-9-15(14)17(21)20-16-4-2-1-3-12(16)10-19/h5-8,12,14-16H,1-4,9-10,19H2,(H,20,21). The Morgan fingerprint density at radius 1 is 1.24 bits per heavy atom. The Bertz CT molecular complexity index is 502. The highest BCUT2D eigenvalue weighted by molar-refractivity contribution is 5.83. The Morgan fingerprint density at radius 2 is 1.95 bits per heavy atom. The van der Waals surface area contributed by atoms with Crippen molar-refractivity contribution in [2.24, 2.45) is 17.6 Å². The number of rotatable bonds is 4. The minimum absolute atomic E-state index is 0.0517. The predicted octanol–water partition coefficient (Wildman–Crippen LogP) is 2.56. The second-order valence-corrected chi connectivity index (χ2v) is 6.40. The molecule has 2 aliphatic carbocycles. The molecule has 4 atom stereocenters. The van der Waals surface area contributed by atoms with Gasteiger partial charge in [0.1, 0.15) is 5.82 Å². The zero-order valence-electron chi connectivity index (χ0n) is 12.2. The van der Waals surface area contributed by atoms with Gasteiger partial charge < -0.3 is 11.1 Å². The molecule has 0 spiro atoms. The quantitative estimate of drug-likeness (QED) is 0.895. The van der Waals surface area contributed by atoms with Gasteiger partial charge in [-0.05, 0) is 55.3 Å². The van der Waals surface area contributed by atoms with E-state index in [2.05, 4.69) is 5.32 Å². The van der Waals surface area contributed by atoms with E-state index in [1.54, 1.807) is 12.1 Å². The summed E-state index contributed by atoms with van der Waals surface area (Å²) in [7, 11) is 0. The molecule has 2 saturated carbocycles. The number of amides is 1. The van der Waals surface area contributed by atoms with E-state index in [1.807, 2.05) is 0 Å². The average Bonchev–Trinajstić information content (AvgIpc) is 3.29. The lowest BCUT2D eigenvalue weighted by Crippen LogP contribution is -2.45. The van der Waals surface area contributed by atoms with Gasteiger partial charge in [0.2, 0.25) is 5.91 Å². The molecule has 0 bridgehead atoms. The van der Waals surface area contributed by atoms with Crippen LogP contribution in [0.15, 0.2) is 24.3 Å². The van der Waals surface area contributed by atoms with Crippen LogP contribution >= 0.6 is 0 Å². The zero-order chi connectivity index (χ0) is 14.8. The molecule has 3 N–H and O–H groups in total. The van der Waals surface area contributed by atoms with E-state index in [0.29, 0.717) is 12.5 Å². The lowest BCUT2D eigenvalue weighted by atomic mass is 9.84. The van der Waals surface area contributed by atoms with Crippen molar-refractivity contribution in [3.63, 3.8) is 0 Å². The number of hydrogen-bond donors (Lipinski definition) is 2. The fourth-order valence-electron chi connectivity index (χ4n) is 3.53. The highest BCUT2D eigenvalue weighted by atomic mass is 19.1. The van der Waals surface area contributed by atoms with Crippen molar-refractivity contribution in [1.29, 1.82) is 0 Å². The first-order valence-corrected chi connectivity index (χ1v) is 7.95. The van der Waals surface area contributed by atoms with Crippen molar-refractivity contribution < 1.29 is 9.18 Å². The van der Waals surface area contributed by atoms with Gasteiger partial charge in [-0.15, -0.1) is 0 Å². The highest BCUT2D eigenvalue weighted by Gasteiger charge is 2.44. The first-order chi connectivity index (χ1) is 10.2. The third-order valence-electron chi connectivity index (χ3n) is 4.96. The summed E-state index contributed by atoms with van der Waals surface area (Å²) in [4.78, 5) is 12.4. The molecule has 2 aliphatic rings. The van der Waals surface area contributed by atoms with Gasteiger partial charge >= 0.3 is 0 Å². The molecule has 114 valence electrons. The highest BCUT2D eigenvalue weighted by Crippen LogP contribution is 2.47. The van der Waals surface area contributed by atoms with Gasteiger partial charge in [0.05, 0.1) is 0 Å². The summed E-state index contributed by atoms with van der Waals surface area (Å²) >= 11 is 0. The molecule has 3 rings (SSSR count). The van der Waals surface area contributed by atoms with Crippen LogP contribution in [-0.2, 0) is 4.79 Å². The molecule has 3 nitrogen and oxygen atoms in total. The number of carbonyl (C=O) groups excluding carboxylic acids is 1. The fraction of sp³-hybridized carbons (Fsp3) is 0.588. The van der Waals surface area contributed by atoms with E-state index < -0.39 is 0 Å². The van der Waals surface area contributed by atoms with Crippen LogP contribution < -0.4 is 11.1 Å². The summed E-state index contributed by atoms with van der Waals surface area (Å²) in [5.41, 5.74) is 6.87. The van der Waals surface area contributed by atoms with Gasteiger partial charge in [0, 0.05) is 12.0 Å². The number of benzene rings is 1. The molecule has 0 aliphatic heterocycles. The second kappa shape index (κ2) is 6.14. The number of halogens is 1. The molecule has 0 heterocycles. The van der Waals surface area contributed by atoms with E-state index in [4.69, 9.17) is 5.73 Å². The van der Waals surface area contributed by atoms with Crippen molar-refractivity contribution in [3.05, 3.63) is 35.6 Å². The lowest BCUT2D eigenvalue weighted by Gasteiger charge is -2.31. The number of carbonyl (C=O) groups is 1. The maximum Gasteiger partial charge on any atom is 0.223 e. The molecule has 0 radical (unpaired) electrons. The number of nitrogens with two attached hydrogens (primary N) is 1. The Hall–Kier alpha value is -1.42.